The molecule has 2 N–H and O–H groups in total. The Balaban J connectivity index is 1.78. The van der Waals surface area contributed by atoms with Crippen LogP contribution in [0.5, 0.6) is 0 Å². The Morgan fingerprint density at radius 3 is 2.85 bits per heavy atom. The lowest BCUT2D eigenvalue weighted by molar-refractivity contribution is -0.126. The minimum atomic E-state index is -0.236. The molecule has 27 heavy (non-hydrogen) atoms. The highest BCUT2D eigenvalue weighted by Crippen LogP contribution is 2.32. The smallest absolute Gasteiger partial charge is 0.272 e. The van der Waals surface area contributed by atoms with E-state index < -0.39 is 0 Å². The van der Waals surface area contributed by atoms with E-state index in [4.69, 9.17) is 27.9 Å². The van der Waals surface area contributed by atoms with Crippen LogP contribution < -0.4 is 5.32 Å². The number of aromatic amines is 1. The predicted octanol–water partition coefficient (Wildman–Crippen LogP) is 3.48. The molecule has 0 saturated carbocycles. The molecule has 6 nitrogen and oxygen atoms in total. The first-order chi connectivity index (χ1) is 12.9. The SMILES string of the molecule is COCCNC(=O)C1CCC(C)N(C(=O)c2[nH]c3ccc(Cl)cc3c2Cl)C1. The van der Waals surface area contributed by atoms with E-state index in [2.05, 4.69) is 10.3 Å². The Morgan fingerprint density at radius 1 is 1.33 bits per heavy atom. The summed E-state index contributed by atoms with van der Waals surface area (Å²) in [5.74, 6) is -0.486. The van der Waals surface area contributed by atoms with Crippen molar-refractivity contribution in [1.29, 1.82) is 0 Å². The molecule has 2 aromatic rings. The van der Waals surface area contributed by atoms with Gasteiger partial charge in [0.05, 0.1) is 17.5 Å². The summed E-state index contributed by atoms with van der Waals surface area (Å²) in [5.41, 5.74) is 1.09. The molecule has 146 valence electrons. The van der Waals surface area contributed by atoms with E-state index in [0.717, 1.165) is 18.4 Å². The highest BCUT2D eigenvalue weighted by molar-refractivity contribution is 6.39. The highest BCUT2D eigenvalue weighted by atomic mass is 35.5. The standard InChI is InChI=1S/C19H23Cl2N3O3/c1-11-3-4-12(18(25)22-7-8-27-2)10-24(11)19(26)17-16(21)14-9-13(20)5-6-15(14)23-17/h5-6,9,11-12,23H,3-4,7-8,10H2,1-2H3,(H,22,25). The predicted molar refractivity (Wildman–Crippen MR) is 106 cm³/mol. The minimum Gasteiger partial charge on any atom is -0.383 e. The van der Waals surface area contributed by atoms with Crippen molar-refractivity contribution in [3.05, 3.63) is 33.9 Å². The average molecular weight is 412 g/mol. The fraction of sp³-hybridized carbons (Fsp3) is 0.474. The summed E-state index contributed by atoms with van der Waals surface area (Å²) in [5, 5.41) is 4.48. The zero-order chi connectivity index (χ0) is 19.6. The second-order valence-corrected chi connectivity index (χ2v) is 7.68. The zero-order valence-corrected chi connectivity index (χ0v) is 16.9. The fourth-order valence-corrected chi connectivity index (χ4v) is 3.90. The topological polar surface area (TPSA) is 74.4 Å². The number of hydrogen-bond acceptors (Lipinski definition) is 3. The molecule has 2 atom stereocenters. The van der Waals surface area contributed by atoms with Crippen LogP contribution >= 0.6 is 23.2 Å². The maximum atomic E-state index is 13.1. The number of carbonyl (C=O) groups excluding carboxylic acids is 2. The van der Waals surface area contributed by atoms with Gasteiger partial charge in [-0.15, -0.1) is 0 Å². The first-order valence-electron chi connectivity index (χ1n) is 8.96. The molecular weight excluding hydrogens is 389 g/mol. The molecular formula is C19H23Cl2N3O3. The molecule has 1 saturated heterocycles. The van der Waals surface area contributed by atoms with Crippen LogP contribution in [-0.4, -0.2) is 54.5 Å². The van der Waals surface area contributed by atoms with E-state index in [0.29, 0.717) is 40.8 Å². The Bertz CT molecular complexity index is 852. The monoisotopic (exact) mass is 411 g/mol. The van der Waals surface area contributed by atoms with E-state index in [-0.39, 0.29) is 23.8 Å². The van der Waals surface area contributed by atoms with Gasteiger partial charge in [-0.1, -0.05) is 23.2 Å². The van der Waals surface area contributed by atoms with Gasteiger partial charge in [-0.2, -0.15) is 0 Å². The molecule has 2 unspecified atom stereocenters. The molecule has 2 amide bonds. The number of aromatic nitrogens is 1. The number of H-pyrrole nitrogens is 1. The zero-order valence-electron chi connectivity index (χ0n) is 15.4. The number of methoxy groups -OCH3 is 1. The third-order valence-corrected chi connectivity index (χ3v) is 5.66. The number of halogens is 2. The van der Waals surface area contributed by atoms with Crippen LogP contribution in [0.4, 0.5) is 0 Å². The summed E-state index contributed by atoms with van der Waals surface area (Å²) in [6, 6.07) is 5.31. The fourth-order valence-electron chi connectivity index (χ4n) is 3.45. The van der Waals surface area contributed by atoms with Crippen molar-refractivity contribution in [1.82, 2.24) is 15.2 Å². The lowest BCUT2D eigenvalue weighted by Gasteiger charge is -2.37. The third kappa shape index (κ3) is 4.23. The van der Waals surface area contributed by atoms with Gasteiger partial charge in [-0.25, -0.2) is 0 Å². The number of hydrogen-bond donors (Lipinski definition) is 2. The summed E-state index contributed by atoms with van der Waals surface area (Å²) in [4.78, 5) is 30.3. The van der Waals surface area contributed by atoms with E-state index in [1.165, 1.54) is 0 Å². The second kappa shape index (κ2) is 8.50. The number of benzene rings is 1. The summed E-state index contributed by atoms with van der Waals surface area (Å²) >= 11 is 12.5. The van der Waals surface area contributed by atoms with Gasteiger partial charge in [-0.05, 0) is 38.0 Å². The van der Waals surface area contributed by atoms with Crippen molar-refractivity contribution in [2.45, 2.75) is 25.8 Å². The van der Waals surface area contributed by atoms with Crippen LogP contribution in [0.2, 0.25) is 10.0 Å². The molecule has 0 radical (unpaired) electrons. The Kier molecular flexibility index (Phi) is 6.29. The van der Waals surface area contributed by atoms with Crippen molar-refractivity contribution in [3.63, 3.8) is 0 Å². The number of nitrogens with one attached hydrogen (secondary N) is 2. The summed E-state index contributed by atoms with van der Waals surface area (Å²) in [6.07, 6.45) is 1.51. The number of amides is 2. The van der Waals surface area contributed by atoms with Crippen molar-refractivity contribution in [2.75, 3.05) is 26.8 Å². The number of ether oxygens (including phenoxy) is 1. The van der Waals surface area contributed by atoms with Gasteiger partial charge >= 0.3 is 0 Å². The molecule has 2 heterocycles. The summed E-state index contributed by atoms with van der Waals surface area (Å²) < 4.78 is 4.96. The van der Waals surface area contributed by atoms with Crippen molar-refractivity contribution < 1.29 is 14.3 Å². The van der Waals surface area contributed by atoms with Gasteiger partial charge in [-0.3, -0.25) is 9.59 Å². The maximum Gasteiger partial charge on any atom is 0.272 e. The van der Waals surface area contributed by atoms with Crippen LogP contribution in [0.25, 0.3) is 10.9 Å². The maximum absolute atomic E-state index is 13.1. The van der Waals surface area contributed by atoms with Crippen LogP contribution in [0.3, 0.4) is 0 Å². The van der Waals surface area contributed by atoms with Crippen molar-refractivity contribution >= 4 is 45.9 Å². The molecule has 3 rings (SSSR count). The lowest BCUT2D eigenvalue weighted by Crippen LogP contribution is -2.49. The van der Waals surface area contributed by atoms with Crippen molar-refractivity contribution in [3.8, 4) is 0 Å². The normalized spacial score (nSPS) is 20.1. The van der Waals surface area contributed by atoms with Crippen LogP contribution in [0.15, 0.2) is 18.2 Å². The number of rotatable bonds is 5. The van der Waals surface area contributed by atoms with E-state index >= 15 is 0 Å². The number of carbonyl (C=O) groups is 2. The Hall–Kier alpha value is -1.76. The largest absolute Gasteiger partial charge is 0.383 e. The minimum absolute atomic E-state index is 0.0339. The molecule has 0 aliphatic carbocycles. The molecule has 0 spiro atoms. The first kappa shape index (κ1) is 20.0. The summed E-state index contributed by atoms with van der Waals surface area (Å²) in [6.45, 7) is 3.28. The van der Waals surface area contributed by atoms with Gasteiger partial charge in [0.1, 0.15) is 5.69 Å². The number of nitrogens with zero attached hydrogens (tertiary/aromatic N) is 1. The molecule has 1 aromatic carbocycles. The third-order valence-electron chi connectivity index (χ3n) is 5.03. The quantitative estimate of drug-likeness (QED) is 0.739. The van der Waals surface area contributed by atoms with E-state index in [1.54, 1.807) is 30.2 Å². The Morgan fingerprint density at radius 2 is 2.11 bits per heavy atom. The van der Waals surface area contributed by atoms with E-state index in [1.807, 2.05) is 6.92 Å². The van der Waals surface area contributed by atoms with E-state index in [9.17, 15) is 9.59 Å². The molecule has 1 aliphatic rings. The lowest BCUT2D eigenvalue weighted by atomic mass is 9.92. The van der Waals surface area contributed by atoms with Gasteiger partial charge in [0.15, 0.2) is 0 Å². The van der Waals surface area contributed by atoms with Gasteiger partial charge in [0.25, 0.3) is 5.91 Å². The second-order valence-electron chi connectivity index (χ2n) is 6.87. The first-order valence-corrected chi connectivity index (χ1v) is 9.72. The van der Waals surface area contributed by atoms with Crippen molar-refractivity contribution in [2.24, 2.45) is 5.92 Å². The van der Waals surface area contributed by atoms with Gasteiger partial charge < -0.3 is 19.9 Å². The highest BCUT2D eigenvalue weighted by Gasteiger charge is 2.34. The number of likely N-dealkylation sites (tertiary alicyclic amines) is 1. The van der Waals surface area contributed by atoms with Gasteiger partial charge in [0, 0.05) is 42.2 Å². The van der Waals surface area contributed by atoms with Gasteiger partial charge in [0.2, 0.25) is 5.91 Å². The number of piperidine rings is 1. The Labute approximate surface area is 168 Å². The molecule has 1 fully saturated rings. The molecule has 1 aliphatic heterocycles. The van der Waals surface area contributed by atoms with Crippen LogP contribution in [-0.2, 0) is 9.53 Å². The molecule has 0 bridgehead atoms. The average Bonchev–Trinajstić information content (AvgIpc) is 2.98. The molecule has 1 aromatic heterocycles. The number of fused-ring (bicyclic) bond motifs is 1. The molecule has 8 heteroatoms. The van der Waals surface area contributed by atoms with Crippen LogP contribution in [0.1, 0.15) is 30.3 Å². The summed E-state index contributed by atoms with van der Waals surface area (Å²) in [7, 11) is 1.59. The van der Waals surface area contributed by atoms with Crippen LogP contribution in [0, 0.1) is 5.92 Å².